The Bertz CT molecular complexity index is 567. The minimum atomic E-state index is -0.305. The average Bonchev–Trinajstić information content (AvgIpc) is 2.60. The highest BCUT2D eigenvalue weighted by molar-refractivity contribution is 14.0. The number of benzene rings is 1. The number of aliphatic imine (C=N–C) groups is 1. The van der Waals surface area contributed by atoms with Crippen LogP contribution in [-0.4, -0.2) is 45.8 Å². The minimum absolute atomic E-state index is 0. The minimum Gasteiger partial charge on any atom is -0.493 e. The van der Waals surface area contributed by atoms with E-state index in [1.807, 2.05) is 32.0 Å². The molecule has 0 aliphatic carbocycles. The van der Waals surface area contributed by atoms with Crippen molar-refractivity contribution in [3.8, 4) is 11.5 Å². The smallest absolute Gasteiger partial charge is 0.310 e. The van der Waals surface area contributed by atoms with Crippen molar-refractivity contribution in [3.63, 3.8) is 0 Å². The van der Waals surface area contributed by atoms with E-state index in [1.165, 1.54) is 7.11 Å². The molecular formula is C17H28IN3O4. The highest BCUT2D eigenvalue weighted by Crippen LogP contribution is 2.30. The van der Waals surface area contributed by atoms with E-state index in [0.717, 1.165) is 5.69 Å². The Morgan fingerprint density at radius 1 is 1.24 bits per heavy atom. The first kappa shape index (κ1) is 23.3. The molecule has 1 atom stereocenters. The number of nitrogens with zero attached hydrogens (tertiary/aromatic N) is 1. The largest absolute Gasteiger partial charge is 0.493 e. The molecule has 142 valence electrons. The molecule has 0 spiro atoms. The number of carbonyl (C=O) groups excluding carboxylic acids is 1. The van der Waals surface area contributed by atoms with Gasteiger partial charge in [-0.15, -0.1) is 24.0 Å². The summed E-state index contributed by atoms with van der Waals surface area (Å²) in [4.78, 5) is 15.9. The van der Waals surface area contributed by atoms with Crippen molar-refractivity contribution >= 4 is 41.6 Å². The van der Waals surface area contributed by atoms with Gasteiger partial charge in [0.2, 0.25) is 0 Å². The Balaban J connectivity index is 0.00000576. The van der Waals surface area contributed by atoms with Crippen molar-refractivity contribution in [2.24, 2.45) is 10.9 Å². The molecule has 0 aromatic heterocycles. The Morgan fingerprint density at radius 3 is 2.52 bits per heavy atom. The molecule has 25 heavy (non-hydrogen) atoms. The second-order valence-electron chi connectivity index (χ2n) is 5.07. The summed E-state index contributed by atoms with van der Waals surface area (Å²) in [5.74, 6) is 1.32. The summed E-state index contributed by atoms with van der Waals surface area (Å²) in [7, 11) is 2.97. The van der Waals surface area contributed by atoms with Gasteiger partial charge in [-0.3, -0.25) is 9.79 Å². The van der Waals surface area contributed by atoms with E-state index in [1.54, 1.807) is 14.0 Å². The van der Waals surface area contributed by atoms with Crippen molar-refractivity contribution in [1.82, 2.24) is 5.32 Å². The van der Waals surface area contributed by atoms with Gasteiger partial charge in [0.15, 0.2) is 17.5 Å². The fourth-order valence-electron chi connectivity index (χ4n) is 1.97. The number of carbonyl (C=O) groups is 1. The molecule has 1 aromatic carbocycles. The van der Waals surface area contributed by atoms with Gasteiger partial charge in [0.25, 0.3) is 0 Å². The van der Waals surface area contributed by atoms with Crippen LogP contribution in [0.25, 0.3) is 0 Å². The predicted molar refractivity (Wildman–Crippen MR) is 110 cm³/mol. The SMILES string of the molecule is CCNC(=NCC(C)C(=O)OC)Nc1ccc(OCC)c(OC)c1.I. The van der Waals surface area contributed by atoms with Gasteiger partial charge in [-0.2, -0.15) is 0 Å². The molecule has 1 unspecified atom stereocenters. The molecule has 8 heteroatoms. The molecule has 0 aliphatic rings. The van der Waals surface area contributed by atoms with E-state index in [2.05, 4.69) is 15.6 Å². The van der Waals surface area contributed by atoms with Gasteiger partial charge in [-0.25, -0.2) is 0 Å². The highest BCUT2D eigenvalue weighted by atomic mass is 127. The van der Waals surface area contributed by atoms with Gasteiger partial charge >= 0.3 is 5.97 Å². The van der Waals surface area contributed by atoms with E-state index >= 15 is 0 Å². The van der Waals surface area contributed by atoms with Crippen molar-refractivity contribution in [2.75, 3.05) is 39.2 Å². The van der Waals surface area contributed by atoms with Crippen LogP contribution in [0.3, 0.4) is 0 Å². The summed E-state index contributed by atoms with van der Waals surface area (Å²) in [6, 6.07) is 5.55. The summed E-state index contributed by atoms with van der Waals surface area (Å²) < 4.78 is 15.6. The molecule has 0 saturated carbocycles. The number of halogens is 1. The molecule has 0 amide bonds. The number of hydrogen-bond acceptors (Lipinski definition) is 5. The van der Waals surface area contributed by atoms with E-state index in [0.29, 0.717) is 37.2 Å². The first-order valence-electron chi connectivity index (χ1n) is 7.99. The van der Waals surface area contributed by atoms with Crippen molar-refractivity contribution in [1.29, 1.82) is 0 Å². The Hall–Kier alpha value is -1.71. The quantitative estimate of drug-likeness (QED) is 0.266. The van der Waals surface area contributed by atoms with Crippen LogP contribution < -0.4 is 20.1 Å². The standard InChI is InChI=1S/C17H27N3O4.HI/c1-6-18-17(19-11-12(3)16(21)23-5)20-13-8-9-14(24-7-2)15(10-13)22-4;/h8-10,12H,6-7,11H2,1-5H3,(H2,18,19,20);1H. The van der Waals surface area contributed by atoms with Gasteiger partial charge in [0.1, 0.15) is 0 Å². The lowest BCUT2D eigenvalue weighted by Crippen LogP contribution is -2.31. The van der Waals surface area contributed by atoms with Crippen LogP contribution in [0.5, 0.6) is 11.5 Å². The van der Waals surface area contributed by atoms with Crippen molar-refractivity contribution in [3.05, 3.63) is 18.2 Å². The maximum Gasteiger partial charge on any atom is 0.310 e. The number of guanidine groups is 1. The number of hydrogen-bond donors (Lipinski definition) is 2. The summed E-state index contributed by atoms with van der Waals surface area (Å²) in [5, 5.41) is 6.32. The first-order valence-corrected chi connectivity index (χ1v) is 7.99. The Kier molecular flexibility index (Phi) is 11.8. The van der Waals surface area contributed by atoms with Crippen LogP contribution in [-0.2, 0) is 9.53 Å². The number of nitrogens with one attached hydrogen (secondary N) is 2. The second kappa shape index (κ2) is 12.6. The molecule has 0 heterocycles. The van der Waals surface area contributed by atoms with Crippen LogP contribution >= 0.6 is 24.0 Å². The lowest BCUT2D eigenvalue weighted by atomic mass is 10.2. The monoisotopic (exact) mass is 465 g/mol. The first-order chi connectivity index (χ1) is 11.5. The molecule has 1 rings (SSSR count). The molecule has 2 N–H and O–H groups in total. The van der Waals surface area contributed by atoms with Gasteiger partial charge in [-0.05, 0) is 26.0 Å². The number of esters is 1. The number of methoxy groups -OCH3 is 2. The third-order valence-corrected chi connectivity index (χ3v) is 3.20. The maximum atomic E-state index is 11.5. The predicted octanol–water partition coefficient (Wildman–Crippen LogP) is 2.90. The summed E-state index contributed by atoms with van der Waals surface area (Å²) in [6.45, 7) is 7.27. The summed E-state index contributed by atoms with van der Waals surface area (Å²) in [5.41, 5.74) is 0.806. The molecule has 0 fully saturated rings. The number of ether oxygens (including phenoxy) is 3. The molecule has 7 nitrogen and oxygen atoms in total. The van der Waals surface area contributed by atoms with Crippen molar-refractivity contribution < 1.29 is 19.0 Å². The van der Waals surface area contributed by atoms with Crippen LogP contribution in [0, 0.1) is 5.92 Å². The lowest BCUT2D eigenvalue weighted by molar-refractivity contribution is -0.144. The summed E-state index contributed by atoms with van der Waals surface area (Å²) >= 11 is 0. The highest BCUT2D eigenvalue weighted by Gasteiger charge is 2.13. The third-order valence-electron chi connectivity index (χ3n) is 3.20. The van der Waals surface area contributed by atoms with Crippen LogP contribution in [0.2, 0.25) is 0 Å². The van der Waals surface area contributed by atoms with E-state index in [9.17, 15) is 4.79 Å². The molecule has 0 saturated heterocycles. The van der Waals surface area contributed by atoms with Crippen LogP contribution in [0.15, 0.2) is 23.2 Å². The van der Waals surface area contributed by atoms with Crippen LogP contribution in [0.4, 0.5) is 5.69 Å². The molecule has 0 aliphatic heterocycles. The van der Waals surface area contributed by atoms with Gasteiger partial charge in [-0.1, -0.05) is 6.92 Å². The third kappa shape index (κ3) is 7.80. The average molecular weight is 465 g/mol. The molecular weight excluding hydrogens is 437 g/mol. The second-order valence-corrected chi connectivity index (χ2v) is 5.07. The van der Waals surface area contributed by atoms with Crippen molar-refractivity contribution in [2.45, 2.75) is 20.8 Å². The normalized spacial score (nSPS) is 11.8. The van der Waals surface area contributed by atoms with E-state index in [-0.39, 0.29) is 35.9 Å². The topological polar surface area (TPSA) is 81.2 Å². The van der Waals surface area contributed by atoms with E-state index in [4.69, 9.17) is 14.2 Å². The number of rotatable bonds is 8. The zero-order valence-electron chi connectivity index (χ0n) is 15.4. The van der Waals surface area contributed by atoms with Gasteiger partial charge < -0.3 is 24.8 Å². The Labute approximate surface area is 166 Å². The maximum absolute atomic E-state index is 11.5. The zero-order valence-corrected chi connectivity index (χ0v) is 17.7. The molecule has 1 aromatic rings. The lowest BCUT2D eigenvalue weighted by Gasteiger charge is -2.15. The fraction of sp³-hybridized carbons (Fsp3) is 0.529. The zero-order chi connectivity index (χ0) is 17.9. The Morgan fingerprint density at radius 2 is 1.96 bits per heavy atom. The fourth-order valence-corrected chi connectivity index (χ4v) is 1.97. The number of anilines is 1. The van der Waals surface area contributed by atoms with Gasteiger partial charge in [0.05, 0.1) is 33.3 Å². The summed E-state index contributed by atoms with van der Waals surface area (Å²) in [6.07, 6.45) is 0. The van der Waals surface area contributed by atoms with E-state index < -0.39 is 0 Å². The molecule has 0 bridgehead atoms. The van der Waals surface area contributed by atoms with Gasteiger partial charge in [0, 0.05) is 18.3 Å². The van der Waals surface area contributed by atoms with Crippen LogP contribution in [0.1, 0.15) is 20.8 Å². The molecule has 0 radical (unpaired) electrons.